The molecule has 0 saturated carbocycles. The molecule has 1 unspecified atom stereocenters. The topological polar surface area (TPSA) is 64.9 Å². The van der Waals surface area contributed by atoms with Gasteiger partial charge < -0.3 is 10.3 Å². The van der Waals surface area contributed by atoms with Crippen LogP contribution in [0.1, 0.15) is 38.0 Å². The molecular weight excluding hydrogens is 238 g/mol. The zero-order valence-corrected chi connectivity index (χ0v) is 11.8. The Bertz CT molecular complexity index is 519. The molecule has 0 aliphatic rings. The summed E-state index contributed by atoms with van der Waals surface area (Å²) < 4.78 is 5.33. The Morgan fingerprint density at radius 3 is 2.58 bits per heavy atom. The van der Waals surface area contributed by atoms with Crippen LogP contribution in [0.2, 0.25) is 0 Å². The van der Waals surface area contributed by atoms with Crippen LogP contribution in [0.4, 0.5) is 0 Å². The Morgan fingerprint density at radius 2 is 1.95 bits per heavy atom. The molecule has 4 nitrogen and oxygen atoms in total. The molecule has 1 heterocycles. The van der Waals surface area contributed by atoms with E-state index in [2.05, 4.69) is 43.0 Å². The van der Waals surface area contributed by atoms with Gasteiger partial charge in [-0.15, -0.1) is 0 Å². The predicted octanol–water partition coefficient (Wildman–Crippen LogP) is 2.53. The Hall–Kier alpha value is -1.68. The maximum absolute atomic E-state index is 5.61. The molecule has 2 rings (SSSR count). The maximum Gasteiger partial charge on any atom is 0.226 e. The minimum absolute atomic E-state index is 0.255. The normalized spacial score (nSPS) is 13.5. The van der Waals surface area contributed by atoms with Gasteiger partial charge in [-0.2, -0.15) is 4.98 Å². The van der Waals surface area contributed by atoms with Gasteiger partial charge in [0.15, 0.2) is 5.82 Å². The maximum atomic E-state index is 5.61. The van der Waals surface area contributed by atoms with E-state index in [-0.39, 0.29) is 5.41 Å². The van der Waals surface area contributed by atoms with Gasteiger partial charge in [0.1, 0.15) is 0 Å². The summed E-state index contributed by atoms with van der Waals surface area (Å²) in [4.78, 5) is 4.51. The van der Waals surface area contributed by atoms with Crippen molar-refractivity contribution >= 4 is 0 Å². The van der Waals surface area contributed by atoms with Crippen molar-refractivity contribution in [1.29, 1.82) is 0 Å². The van der Waals surface area contributed by atoms with Gasteiger partial charge >= 0.3 is 0 Å². The van der Waals surface area contributed by atoms with Crippen LogP contribution in [-0.2, 0) is 11.8 Å². The van der Waals surface area contributed by atoms with Crippen LogP contribution in [0.25, 0.3) is 0 Å². The number of rotatable bonds is 5. The zero-order valence-electron chi connectivity index (χ0n) is 11.8. The van der Waals surface area contributed by atoms with Crippen molar-refractivity contribution in [3.05, 3.63) is 47.6 Å². The molecule has 1 atom stereocenters. The third kappa shape index (κ3) is 3.01. The van der Waals surface area contributed by atoms with Crippen LogP contribution in [0.5, 0.6) is 0 Å². The largest absolute Gasteiger partial charge is 0.339 e. The fraction of sp³-hybridized carbons (Fsp3) is 0.467. The van der Waals surface area contributed by atoms with Crippen LogP contribution in [-0.4, -0.2) is 16.7 Å². The Labute approximate surface area is 114 Å². The van der Waals surface area contributed by atoms with Crippen LogP contribution in [0, 0.1) is 5.92 Å². The van der Waals surface area contributed by atoms with E-state index < -0.39 is 0 Å². The number of hydrogen-bond acceptors (Lipinski definition) is 4. The van der Waals surface area contributed by atoms with E-state index in [1.165, 1.54) is 5.56 Å². The van der Waals surface area contributed by atoms with Gasteiger partial charge in [0, 0.05) is 6.42 Å². The second-order valence-electron chi connectivity index (χ2n) is 5.55. The zero-order chi connectivity index (χ0) is 13.9. The summed E-state index contributed by atoms with van der Waals surface area (Å²) in [6.45, 7) is 6.90. The molecule has 2 aromatic rings. The summed E-state index contributed by atoms with van der Waals surface area (Å²) >= 11 is 0. The first-order valence-electron chi connectivity index (χ1n) is 6.62. The fourth-order valence-corrected chi connectivity index (χ4v) is 1.96. The third-order valence-corrected chi connectivity index (χ3v) is 3.45. The Balaban J connectivity index is 2.22. The van der Waals surface area contributed by atoms with Crippen molar-refractivity contribution in [2.24, 2.45) is 11.7 Å². The van der Waals surface area contributed by atoms with E-state index in [0.29, 0.717) is 18.4 Å². The van der Waals surface area contributed by atoms with Crippen molar-refractivity contribution in [2.45, 2.75) is 32.6 Å². The van der Waals surface area contributed by atoms with E-state index in [1.54, 1.807) is 0 Å². The monoisotopic (exact) mass is 259 g/mol. The van der Waals surface area contributed by atoms with Crippen molar-refractivity contribution < 1.29 is 4.52 Å². The van der Waals surface area contributed by atoms with Gasteiger partial charge in [-0.25, -0.2) is 0 Å². The molecule has 0 radical (unpaired) electrons. The smallest absolute Gasteiger partial charge is 0.226 e. The average Bonchev–Trinajstić information content (AvgIpc) is 2.89. The molecular formula is C15H21N3O. The molecule has 102 valence electrons. The highest BCUT2D eigenvalue weighted by Crippen LogP contribution is 2.29. The van der Waals surface area contributed by atoms with Gasteiger partial charge in [0.25, 0.3) is 0 Å². The van der Waals surface area contributed by atoms with E-state index >= 15 is 0 Å². The summed E-state index contributed by atoms with van der Waals surface area (Å²) in [5.41, 5.74) is 6.53. The molecule has 0 aliphatic carbocycles. The fourth-order valence-electron chi connectivity index (χ4n) is 1.96. The molecule has 4 heteroatoms. The summed E-state index contributed by atoms with van der Waals surface area (Å²) in [5.74, 6) is 1.74. The molecule has 0 bridgehead atoms. The number of hydrogen-bond donors (Lipinski definition) is 1. The lowest BCUT2D eigenvalue weighted by molar-refractivity contribution is 0.350. The van der Waals surface area contributed by atoms with Crippen molar-refractivity contribution in [2.75, 3.05) is 6.54 Å². The number of nitrogens with zero attached hydrogens (tertiary/aromatic N) is 2. The van der Waals surface area contributed by atoms with Crippen molar-refractivity contribution in [1.82, 2.24) is 10.1 Å². The highest BCUT2D eigenvalue weighted by atomic mass is 16.5. The minimum Gasteiger partial charge on any atom is -0.339 e. The number of benzene rings is 1. The molecule has 0 spiro atoms. The SMILES string of the molecule is CC(CN)Cc1nc(C(C)(C)c2ccccc2)no1. The quantitative estimate of drug-likeness (QED) is 0.896. The first kappa shape index (κ1) is 13.7. The van der Waals surface area contributed by atoms with Crippen LogP contribution < -0.4 is 5.73 Å². The second-order valence-corrected chi connectivity index (χ2v) is 5.55. The van der Waals surface area contributed by atoms with Crippen molar-refractivity contribution in [3.8, 4) is 0 Å². The molecule has 1 aromatic carbocycles. The van der Waals surface area contributed by atoms with Crippen LogP contribution in [0.3, 0.4) is 0 Å². The molecule has 0 aliphatic heterocycles. The van der Waals surface area contributed by atoms with Crippen molar-refractivity contribution in [3.63, 3.8) is 0 Å². The lowest BCUT2D eigenvalue weighted by Gasteiger charge is -2.20. The highest BCUT2D eigenvalue weighted by Gasteiger charge is 2.28. The van der Waals surface area contributed by atoms with Crippen LogP contribution >= 0.6 is 0 Å². The summed E-state index contributed by atoms with van der Waals surface area (Å²) in [6, 6.07) is 10.2. The molecule has 0 amide bonds. The summed E-state index contributed by atoms with van der Waals surface area (Å²) in [5, 5.41) is 4.12. The second kappa shape index (κ2) is 5.53. The predicted molar refractivity (Wildman–Crippen MR) is 74.8 cm³/mol. The minimum atomic E-state index is -0.255. The summed E-state index contributed by atoms with van der Waals surface area (Å²) in [7, 11) is 0. The lowest BCUT2D eigenvalue weighted by Crippen LogP contribution is -2.21. The van der Waals surface area contributed by atoms with Gasteiger partial charge in [-0.05, 0) is 31.9 Å². The Kier molecular flexibility index (Phi) is 4.00. The standard InChI is InChI=1S/C15H21N3O/c1-11(10-16)9-13-17-14(18-19-13)15(2,3)12-7-5-4-6-8-12/h4-8,11H,9-10,16H2,1-3H3. The van der Waals surface area contributed by atoms with E-state index in [4.69, 9.17) is 10.3 Å². The summed E-state index contributed by atoms with van der Waals surface area (Å²) in [6.07, 6.45) is 0.731. The highest BCUT2D eigenvalue weighted by molar-refractivity contribution is 5.30. The van der Waals surface area contributed by atoms with Gasteiger partial charge in [0.2, 0.25) is 5.89 Å². The van der Waals surface area contributed by atoms with Gasteiger partial charge in [0.05, 0.1) is 5.41 Å². The third-order valence-electron chi connectivity index (χ3n) is 3.45. The molecule has 0 fully saturated rings. The van der Waals surface area contributed by atoms with Gasteiger partial charge in [-0.3, -0.25) is 0 Å². The molecule has 19 heavy (non-hydrogen) atoms. The Morgan fingerprint density at radius 1 is 1.26 bits per heavy atom. The molecule has 0 saturated heterocycles. The van der Waals surface area contributed by atoms with E-state index in [0.717, 1.165) is 12.2 Å². The molecule has 1 aromatic heterocycles. The van der Waals surface area contributed by atoms with E-state index in [9.17, 15) is 0 Å². The van der Waals surface area contributed by atoms with E-state index in [1.807, 2.05) is 18.2 Å². The number of nitrogens with two attached hydrogens (primary N) is 1. The molecule has 2 N–H and O–H groups in total. The first-order chi connectivity index (χ1) is 9.04. The van der Waals surface area contributed by atoms with Crippen LogP contribution in [0.15, 0.2) is 34.9 Å². The van der Waals surface area contributed by atoms with Gasteiger partial charge in [-0.1, -0.05) is 42.4 Å². The first-order valence-corrected chi connectivity index (χ1v) is 6.62. The number of aromatic nitrogens is 2. The average molecular weight is 259 g/mol. The lowest BCUT2D eigenvalue weighted by atomic mass is 9.84.